The van der Waals surface area contributed by atoms with Crippen molar-refractivity contribution < 1.29 is 14.3 Å². The summed E-state index contributed by atoms with van der Waals surface area (Å²) in [5.74, 6) is 1.51. The molecule has 1 saturated carbocycles. The average Bonchev–Trinajstić information content (AvgIpc) is 3.34. The Morgan fingerprint density at radius 2 is 1.88 bits per heavy atom. The van der Waals surface area contributed by atoms with Crippen LogP contribution in [0.25, 0.3) is 0 Å². The minimum absolute atomic E-state index is 0.0210. The minimum Gasteiger partial charge on any atom is -0.454 e. The molecule has 1 heterocycles. The zero-order valence-electron chi connectivity index (χ0n) is 15.0. The standard InChI is InChI=1S/C21H24N2O3/c1-2-23(13-16-8-9-18-19(12-16)26-15-25-18)20(24)22-14-21(10-11-21)17-6-4-3-5-7-17/h3-9,12H,2,10-11,13-15H2,1H3,(H,22,24). The zero-order valence-corrected chi connectivity index (χ0v) is 15.0. The number of hydrogen-bond donors (Lipinski definition) is 1. The van der Waals surface area contributed by atoms with E-state index in [1.807, 2.05) is 36.1 Å². The van der Waals surface area contributed by atoms with Crippen molar-refractivity contribution in [2.75, 3.05) is 19.9 Å². The summed E-state index contributed by atoms with van der Waals surface area (Å²) in [6.07, 6.45) is 2.26. The predicted octanol–water partition coefficient (Wildman–Crippen LogP) is 3.68. The van der Waals surface area contributed by atoms with E-state index in [4.69, 9.17) is 9.47 Å². The maximum absolute atomic E-state index is 12.7. The molecule has 2 amide bonds. The van der Waals surface area contributed by atoms with Crippen LogP contribution in [0, 0.1) is 0 Å². The molecule has 0 atom stereocenters. The Morgan fingerprint density at radius 1 is 1.12 bits per heavy atom. The topological polar surface area (TPSA) is 50.8 Å². The number of hydrogen-bond acceptors (Lipinski definition) is 3. The molecule has 2 aliphatic rings. The summed E-state index contributed by atoms with van der Waals surface area (Å²) >= 11 is 0. The van der Waals surface area contributed by atoms with Crippen LogP contribution in [0.15, 0.2) is 48.5 Å². The van der Waals surface area contributed by atoms with Crippen LogP contribution in [0.4, 0.5) is 4.79 Å². The molecule has 0 unspecified atom stereocenters. The van der Waals surface area contributed by atoms with E-state index < -0.39 is 0 Å². The van der Waals surface area contributed by atoms with Gasteiger partial charge in [-0.1, -0.05) is 36.4 Å². The van der Waals surface area contributed by atoms with E-state index in [-0.39, 0.29) is 18.2 Å². The first-order valence-corrected chi connectivity index (χ1v) is 9.17. The summed E-state index contributed by atoms with van der Waals surface area (Å²) in [7, 11) is 0. The number of urea groups is 1. The molecular weight excluding hydrogens is 328 g/mol. The van der Waals surface area contributed by atoms with E-state index in [2.05, 4.69) is 29.6 Å². The highest BCUT2D eigenvalue weighted by atomic mass is 16.7. The van der Waals surface area contributed by atoms with Crippen molar-refractivity contribution in [1.29, 1.82) is 0 Å². The normalized spacial score (nSPS) is 16.2. The van der Waals surface area contributed by atoms with Crippen molar-refractivity contribution in [3.8, 4) is 11.5 Å². The fourth-order valence-corrected chi connectivity index (χ4v) is 3.45. The second-order valence-corrected chi connectivity index (χ2v) is 7.01. The smallest absolute Gasteiger partial charge is 0.317 e. The van der Waals surface area contributed by atoms with Gasteiger partial charge < -0.3 is 19.7 Å². The third-order valence-corrected chi connectivity index (χ3v) is 5.30. The van der Waals surface area contributed by atoms with Crippen molar-refractivity contribution in [2.45, 2.75) is 31.7 Å². The van der Waals surface area contributed by atoms with Gasteiger partial charge in [0, 0.05) is 25.0 Å². The maximum atomic E-state index is 12.7. The number of carbonyl (C=O) groups excluding carboxylic acids is 1. The molecule has 1 aliphatic heterocycles. The molecule has 1 aliphatic carbocycles. The molecule has 2 aromatic rings. The van der Waals surface area contributed by atoms with Gasteiger partial charge in [0.25, 0.3) is 0 Å². The number of nitrogens with one attached hydrogen (secondary N) is 1. The van der Waals surface area contributed by atoms with Crippen LogP contribution >= 0.6 is 0 Å². The Balaban J connectivity index is 1.37. The van der Waals surface area contributed by atoms with Crippen molar-refractivity contribution in [2.24, 2.45) is 0 Å². The van der Waals surface area contributed by atoms with Crippen LogP contribution in [-0.2, 0) is 12.0 Å². The Hall–Kier alpha value is -2.69. The molecule has 2 aromatic carbocycles. The largest absolute Gasteiger partial charge is 0.454 e. The van der Waals surface area contributed by atoms with Crippen LogP contribution < -0.4 is 14.8 Å². The van der Waals surface area contributed by atoms with Gasteiger partial charge in [-0.2, -0.15) is 0 Å². The van der Waals surface area contributed by atoms with Crippen LogP contribution in [0.1, 0.15) is 30.9 Å². The van der Waals surface area contributed by atoms with Gasteiger partial charge in [-0.15, -0.1) is 0 Å². The number of nitrogens with zero attached hydrogens (tertiary/aromatic N) is 1. The third-order valence-electron chi connectivity index (χ3n) is 5.30. The van der Waals surface area contributed by atoms with Crippen LogP contribution in [-0.4, -0.2) is 30.8 Å². The summed E-state index contributed by atoms with van der Waals surface area (Å²) in [6, 6.07) is 16.3. The fourth-order valence-electron chi connectivity index (χ4n) is 3.45. The number of benzene rings is 2. The van der Waals surface area contributed by atoms with Gasteiger partial charge >= 0.3 is 6.03 Å². The van der Waals surface area contributed by atoms with Gasteiger partial charge in [0.1, 0.15) is 0 Å². The molecule has 0 radical (unpaired) electrons. The number of rotatable bonds is 6. The zero-order chi connectivity index (χ0) is 18.0. The Bertz CT molecular complexity index is 787. The molecule has 0 saturated heterocycles. The van der Waals surface area contributed by atoms with Crippen molar-refractivity contribution >= 4 is 6.03 Å². The summed E-state index contributed by atoms with van der Waals surface area (Å²) in [5.41, 5.74) is 2.48. The maximum Gasteiger partial charge on any atom is 0.317 e. The molecule has 26 heavy (non-hydrogen) atoms. The summed E-state index contributed by atoms with van der Waals surface area (Å²) in [4.78, 5) is 14.5. The molecule has 0 aromatic heterocycles. The number of amides is 2. The highest BCUT2D eigenvalue weighted by Gasteiger charge is 2.44. The fraction of sp³-hybridized carbons (Fsp3) is 0.381. The lowest BCUT2D eigenvalue weighted by molar-refractivity contribution is 0.173. The van der Waals surface area contributed by atoms with Crippen molar-refractivity contribution in [1.82, 2.24) is 10.2 Å². The van der Waals surface area contributed by atoms with E-state index in [1.165, 1.54) is 5.56 Å². The summed E-state index contributed by atoms with van der Waals surface area (Å²) in [6.45, 7) is 4.15. The highest BCUT2D eigenvalue weighted by Crippen LogP contribution is 2.47. The van der Waals surface area contributed by atoms with Gasteiger partial charge in [0.2, 0.25) is 6.79 Å². The van der Waals surface area contributed by atoms with Crippen LogP contribution in [0.3, 0.4) is 0 Å². The molecule has 1 fully saturated rings. The third kappa shape index (κ3) is 3.34. The lowest BCUT2D eigenvalue weighted by atomic mass is 9.96. The first-order valence-electron chi connectivity index (χ1n) is 9.17. The lowest BCUT2D eigenvalue weighted by Crippen LogP contribution is -2.42. The van der Waals surface area contributed by atoms with Gasteiger partial charge in [-0.3, -0.25) is 0 Å². The van der Waals surface area contributed by atoms with E-state index in [0.29, 0.717) is 19.6 Å². The average molecular weight is 352 g/mol. The second-order valence-electron chi connectivity index (χ2n) is 7.01. The first kappa shape index (κ1) is 16.8. The molecule has 1 N–H and O–H groups in total. The van der Waals surface area contributed by atoms with E-state index >= 15 is 0 Å². The Labute approximate surface area is 153 Å². The van der Waals surface area contributed by atoms with Gasteiger partial charge in [0.05, 0.1) is 0 Å². The predicted molar refractivity (Wildman–Crippen MR) is 99.4 cm³/mol. The SMILES string of the molecule is CCN(Cc1ccc2c(c1)OCO2)C(=O)NCC1(c2ccccc2)CC1. The van der Waals surface area contributed by atoms with Crippen LogP contribution in [0.5, 0.6) is 11.5 Å². The monoisotopic (exact) mass is 352 g/mol. The van der Waals surface area contributed by atoms with Gasteiger partial charge in [-0.05, 0) is 43.0 Å². The molecule has 136 valence electrons. The van der Waals surface area contributed by atoms with Gasteiger partial charge in [0.15, 0.2) is 11.5 Å². The molecular formula is C21H24N2O3. The summed E-state index contributed by atoms with van der Waals surface area (Å²) < 4.78 is 10.8. The van der Waals surface area contributed by atoms with Gasteiger partial charge in [-0.25, -0.2) is 4.79 Å². The minimum atomic E-state index is -0.0210. The quantitative estimate of drug-likeness (QED) is 0.863. The molecule has 0 bridgehead atoms. The van der Waals surface area contributed by atoms with Crippen molar-refractivity contribution in [3.63, 3.8) is 0 Å². The Morgan fingerprint density at radius 3 is 2.62 bits per heavy atom. The van der Waals surface area contributed by atoms with Crippen LogP contribution in [0.2, 0.25) is 0 Å². The van der Waals surface area contributed by atoms with Crippen molar-refractivity contribution in [3.05, 3.63) is 59.7 Å². The highest BCUT2D eigenvalue weighted by molar-refractivity contribution is 5.74. The van der Waals surface area contributed by atoms with E-state index in [0.717, 1.165) is 29.9 Å². The molecule has 0 spiro atoms. The number of carbonyl (C=O) groups is 1. The summed E-state index contributed by atoms with van der Waals surface area (Å²) in [5, 5.41) is 3.14. The molecule has 5 nitrogen and oxygen atoms in total. The first-order chi connectivity index (χ1) is 12.7. The van der Waals surface area contributed by atoms with E-state index in [1.54, 1.807) is 0 Å². The molecule has 5 heteroatoms. The number of ether oxygens (including phenoxy) is 2. The molecule has 4 rings (SSSR count). The second kappa shape index (κ2) is 6.90. The van der Waals surface area contributed by atoms with E-state index in [9.17, 15) is 4.79 Å². The lowest BCUT2D eigenvalue weighted by Gasteiger charge is -2.24. The number of fused-ring (bicyclic) bond motifs is 1. The Kier molecular flexibility index (Phi) is 4.45.